The molecule has 1 heterocycles. The zero-order valence-corrected chi connectivity index (χ0v) is 14.0. The number of hydrogen-bond donors (Lipinski definition) is 1. The standard InChI is InChI=1S/C17H34N2/c1-15(2,3)18-14-8-7-9-17(14)10-12-19(13-11-17)16(4,5)6/h14,18H,7-13H2,1-6H3. The smallest absolute Gasteiger partial charge is 0.0129 e. The van der Waals surface area contributed by atoms with Crippen molar-refractivity contribution in [3.63, 3.8) is 0 Å². The monoisotopic (exact) mass is 266 g/mol. The van der Waals surface area contributed by atoms with Gasteiger partial charge in [-0.2, -0.15) is 0 Å². The summed E-state index contributed by atoms with van der Waals surface area (Å²) in [6, 6.07) is 0.745. The van der Waals surface area contributed by atoms with E-state index in [-0.39, 0.29) is 5.54 Å². The molecule has 1 unspecified atom stereocenters. The van der Waals surface area contributed by atoms with Gasteiger partial charge in [0.15, 0.2) is 0 Å². The van der Waals surface area contributed by atoms with Gasteiger partial charge in [-0.1, -0.05) is 6.42 Å². The van der Waals surface area contributed by atoms with Gasteiger partial charge in [0.05, 0.1) is 0 Å². The second-order valence-corrected chi connectivity index (χ2v) is 8.86. The average molecular weight is 266 g/mol. The largest absolute Gasteiger partial charge is 0.309 e. The van der Waals surface area contributed by atoms with E-state index in [1.54, 1.807) is 0 Å². The molecule has 1 aliphatic carbocycles. The Morgan fingerprint density at radius 1 is 0.947 bits per heavy atom. The molecule has 2 aliphatic rings. The molecule has 0 aromatic rings. The maximum Gasteiger partial charge on any atom is 0.0129 e. The molecule has 0 aromatic carbocycles. The molecule has 2 nitrogen and oxygen atoms in total. The summed E-state index contributed by atoms with van der Waals surface area (Å²) >= 11 is 0. The van der Waals surface area contributed by atoms with Gasteiger partial charge in [-0.25, -0.2) is 0 Å². The molecule has 1 spiro atoms. The summed E-state index contributed by atoms with van der Waals surface area (Å²) < 4.78 is 0. The highest BCUT2D eigenvalue weighted by atomic mass is 15.2. The minimum Gasteiger partial charge on any atom is -0.309 e. The van der Waals surface area contributed by atoms with Crippen LogP contribution in [0, 0.1) is 5.41 Å². The molecule has 1 N–H and O–H groups in total. The maximum atomic E-state index is 3.91. The number of nitrogens with one attached hydrogen (secondary N) is 1. The van der Waals surface area contributed by atoms with Crippen LogP contribution in [0.2, 0.25) is 0 Å². The van der Waals surface area contributed by atoms with E-state index < -0.39 is 0 Å². The van der Waals surface area contributed by atoms with E-state index in [0.717, 1.165) is 6.04 Å². The number of hydrogen-bond acceptors (Lipinski definition) is 2. The first-order valence-corrected chi connectivity index (χ1v) is 8.15. The van der Waals surface area contributed by atoms with Crippen LogP contribution in [0.5, 0.6) is 0 Å². The van der Waals surface area contributed by atoms with Crippen LogP contribution in [0.3, 0.4) is 0 Å². The lowest BCUT2D eigenvalue weighted by atomic mass is 9.73. The Morgan fingerprint density at radius 2 is 1.53 bits per heavy atom. The molecule has 1 saturated carbocycles. The molecule has 112 valence electrons. The van der Waals surface area contributed by atoms with Crippen molar-refractivity contribution in [2.75, 3.05) is 13.1 Å². The molecule has 2 rings (SSSR count). The van der Waals surface area contributed by atoms with Crippen molar-refractivity contribution >= 4 is 0 Å². The molecule has 2 heteroatoms. The molecule has 0 radical (unpaired) electrons. The molecule has 1 saturated heterocycles. The minimum absolute atomic E-state index is 0.253. The second kappa shape index (κ2) is 5.04. The normalized spacial score (nSPS) is 29.1. The Balaban J connectivity index is 2.01. The first-order valence-electron chi connectivity index (χ1n) is 8.15. The topological polar surface area (TPSA) is 15.3 Å². The maximum absolute atomic E-state index is 3.91. The molecular formula is C17H34N2. The molecule has 1 aliphatic heterocycles. The van der Waals surface area contributed by atoms with Crippen LogP contribution in [0.1, 0.15) is 73.6 Å². The Morgan fingerprint density at radius 3 is 2.00 bits per heavy atom. The van der Waals surface area contributed by atoms with Gasteiger partial charge in [0.25, 0.3) is 0 Å². The van der Waals surface area contributed by atoms with E-state index in [1.807, 2.05) is 0 Å². The molecule has 0 aromatic heterocycles. The highest BCUT2D eigenvalue weighted by molar-refractivity contribution is 5.02. The summed E-state index contributed by atoms with van der Waals surface area (Å²) in [5, 5.41) is 3.91. The van der Waals surface area contributed by atoms with Crippen LogP contribution in [0.15, 0.2) is 0 Å². The van der Waals surface area contributed by atoms with E-state index in [9.17, 15) is 0 Å². The fraction of sp³-hybridized carbons (Fsp3) is 1.00. The predicted octanol–water partition coefficient (Wildman–Crippen LogP) is 3.81. The zero-order valence-electron chi connectivity index (χ0n) is 14.0. The van der Waals surface area contributed by atoms with Crippen LogP contribution in [-0.4, -0.2) is 35.1 Å². The van der Waals surface area contributed by atoms with Crippen molar-refractivity contribution in [1.82, 2.24) is 10.2 Å². The third kappa shape index (κ3) is 3.52. The third-order valence-corrected chi connectivity index (χ3v) is 5.22. The van der Waals surface area contributed by atoms with Crippen molar-refractivity contribution < 1.29 is 0 Å². The molecule has 0 bridgehead atoms. The van der Waals surface area contributed by atoms with Gasteiger partial charge in [-0.15, -0.1) is 0 Å². The Labute approximate surface area is 120 Å². The van der Waals surface area contributed by atoms with E-state index >= 15 is 0 Å². The quantitative estimate of drug-likeness (QED) is 0.776. The molecular weight excluding hydrogens is 232 g/mol. The van der Waals surface area contributed by atoms with Crippen molar-refractivity contribution in [2.45, 2.75) is 90.8 Å². The van der Waals surface area contributed by atoms with Gasteiger partial charge >= 0.3 is 0 Å². The Hall–Kier alpha value is -0.0800. The first-order chi connectivity index (χ1) is 8.62. The highest BCUT2D eigenvalue weighted by Crippen LogP contribution is 2.47. The van der Waals surface area contributed by atoms with Gasteiger partial charge in [0.1, 0.15) is 0 Å². The second-order valence-electron chi connectivity index (χ2n) is 8.86. The van der Waals surface area contributed by atoms with Crippen molar-refractivity contribution in [1.29, 1.82) is 0 Å². The highest BCUT2D eigenvalue weighted by Gasteiger charge is 2.46. The van der Waals surface area contributed by atoms with Gasteiger partial charge in [0.2, 0.25) is 0 Å². The van der Waals surface area contributed by atoms with Crippen LogP contribution < -0.4 is 5.32 Å². The number of likely N-dealkylation sites (tertiary alicyclic amines) is 1. The van der Waals surface area contributed by atoms with Gasteiger partial charge in [0, 0.05) is 17.1 Å². The fourth-order valence-electron chi connectivity index (χ4n) is 4.11. The van der Waals surface area contributed by atoms with Crippen LogP contribution in [0.25, 0.3) is 0 Å². The summed E-state index contributed by atoms with van der Waals surface area (Å²) in [5.74, 6) is 0. The SMILES string of the molecule is CC(C)(C)NC1CCCC12CCN(C(C)(C)C)CC2. The summed E-state index contributed by atoms with van der Waals surface area (Å²) in [6.07, 6.45) is 7.02. The van der Waals surface area contributed by atoms with Crippen molar-refractivity contribution in [3.05, 3.63) is 0 Å². The van der Waals surface area contributed by atoms with E-state index in [2.05, 4.69) is 51.8 Å². The van der Waals surface area contributed by atoms with Crippen LogP contribution >= 0.6 is 0 Å². The molecule has 1 atom stereocenters. The average Bonchev–Trinajstić information content (AvgIpc) is 2.58. The number of nitrogens with zero attached hydrogens (tertiary/aromatic N) is 1. The third-order valence-electron chi connectivity index (χ3n) is 5.22. The van der Waals surface area contributed by atoms with E-state index in [4.69, 9.17) is 0 Å². The Bertz CT molecular complexity index is 300. The summed E-state index contributed by atoms with van der Waals surface area (Å²) in [5.41, 5.74) is 1.19. The summed E-state index contributed by atoms with van der Waals surface area (Å²) in [6.45, 7) is 16.5. The lowest BCUT2D eigenvalue weighted by Crippen LogP contribution is -2.56. The van der Waals surface area contributed by atoms with E-state index in [1.165, 1.54) is 45.2 Å². The fourth-order valence-corrected chi connectivity index (χ4v) is 4.11. The number of rotatable bonds is 1. The number of piperidine rings is 1. The molecule has 19 heavy (non-hydrogen) atoms. The van der Waals surface area contributed by atoms with Crippen LogP contribution in [0.4, 0.5) is 0 Å². The summed E-state index contributed by atoms with van der Waals surface area (Å²) in [4.78, 5) is 2.67. The van der Waals surface area contributed by atoms with Gasteiger partial charge in [-0.05, 0) is 85.7 Å². The van der Waals surface area contributed by atoms with Crippen LogP contribution in [-0.2, 0) is 0 Å². The Kier molecular flexibility index (Phi) is 4.06. The van der Waals surface area contributed by atoms with Crippen molar-refractivity contribution in [2.24, 2.45) is 5.41 Å². The molecule has 2 fully saturated rings. The van der Waals surface area contributed by atoms with Crippen molar-refractivity contribution in [3.8, 4) is 0 Å². The lowest BCUT2D eigenvalue weighted by Gasteiger charge is -2.49. The first kappa shape index (κ1) is 15.3. The van der Waals surface area contributed by atoms with E-state index in [0.29, 0.717) is 11.0 Å². The summed E-state index contributed by atoms with van der Waals surface area (Å²) in [7, 11) is 0. The van der Waals surface area contributed by atoms with Gasteiger partial charge < -0.3 is 5.32 Å². The lowest BCUT2D eigenvalue weighted by molar-refractivity contribution is 0.0270. The predicted molar refractivity (Wildman–Crippen MR) is 83.5 cm³/mol. The zero-order chi connectivity index (χ0) is 14.3. The molecule has 0 amide bonds. The van der Waals surface area contributed by atoms with Gasteiger partial charge in [-0.3, -0.25) is 4.90 Å². The minimum atomic E-state index is 0.253.